The highest BCUT2D eigenvalue weighted by Gasteiger charge is 2.23. The lowest BCUT2D eigenvalue weighted by Gasteiger charge is -2.35. The first-order valence-electron chi connectivity index (χ1n) is 14.6. The van der Waals surface area contributed by atoms with Gasteiger partial charge in [-0.2, -0.15) is 0 Å². The van der Waals surface area contributed by atoms with E-state index in [0.717, 1.165) is 98.1 Å². The lowest BCUT2D eigenvalue weighted by molar-refractivity contribution is 0.0729. The Morgan fingerprint density at radius 1 is 0.976 bits per heavy atom. The van der Waals surface area contributed by atoms with Crippen molar-refractivity contribution in [2.45, 2.75) is 58.3 Å². The molecule has 0 unspecified atom stereocenters. The number of carbonyl (C=O) groups excluding carboxylic acids is 1. The Labute approximate surface area is 259 Å². The number of piperidine rings is 2. The second kappa shape index (κ2) is 14.1. The summed E-state index contributed by atoms with van der Waals surface area (Å²) in [5.41, 5.74) is 5.74. The number of ether oxygens (including phenoxy) is 1. The van der Waals surface area contributed by atoms with Crippen LogP contribution in [0, 0.1) is 13.8 Å². The molecule has 6 rings (SSSR count). The monoisotopic (exact) mass is 616 g/mol. The van der Waals surface area contributed by atoms with E-state index in [-0.39, 0.29) is 42.9 Å². The molecule has 4 aromatic rings. The number of aliphatic hydroxyl groups is 1. The Kier molecular flexibility index (Phi) is 10.8. The van der Waals surface area contributed by atoms with E-state index in [1.165, 1.54) is 11.1 Å². The maximum absolute atomic E-state index is 13.1. The third kappa shape index (κ3) is 7.24. The molecule has 2 fully saturated rings. The molecule has 8 nitrogen and oxygen atoms in total. The van der Waals surface area contributed by atoms with Crippen LogP contribution in [-0.4, -0.2) is 77.2 Å². The van der Waals surface area contributed by atoms with E-state index in [1.54, 1.807) is 6.26 Å². The van der Waals surface area contributed by atoms with Crippen LogP contribution in [0.3, 0.4) is 0 Å². The second-order valence-corrected chi connectivity index (χ2v) is 11.5. The number of aromatic nitrogens is 1. The van der Waals surface area contributed by atoms with Crippen LogP contribution in [0.1, 0.15) is 52.9 Å². The zero-order chi connectivity index (χ0) is 27.6. The van der Waals surface area contributed by atoms with Crippen LogP contribution in [-0.2, 0) is 6.61 Å². The fourth-order valence-corrected chi connectivity index (χ4v) is 5.97. The van der Waals surface area contributed by atoms with Crippen molar-refractivity contribution in [2.75, 3.05) is 39.3 Å². The summed E-state index contributed by atoms with van der Waals surface area (Å²) < 4.78 is 12.0. The summed E-state index contributed by atoms with van der Waals surface area (Å²) in [6, 6.07) is 12.1. The van der Waals surface area contributed by atoms with Crippen molar-refractivity contribution in [2.24, 2.45) is 0 Å². The maximum Gasteiger partial charge on any atom is 0.267 e. The van der Waals surface area contributed by atoms with E-state index in [2.05, 4.69) is 46.1 Å². The summed E-state index contributed by atoms with van der Waals surface area (Å²) in [6.07, 6.45) is 5.33. The Hall–Kier alpha value is -2.75. The highest BCUT2D eigenvalue weighted by Crippen LogP contribution is 2.30. The molecular weight excluding hydrogens is 575 g/mol. The van der Waals surface area contributed by atoms with E-state index in [1.807, 2.05) is 24.3 Å². The molecule has 0 saturated carbocycles. The van der Waals surface area contributed by atoms with Crippen LogP contribution in [0.15, 0.2) is 47.1 Å². The van der Waals surface area contributed by atoms with Crippen LogP contribution >= 0.6 is 24.8 Å². The average Bonchev–Trinajstić information content (AvgIpc) is 3.57. The number of benzene rings is 2. The highest BCUT2D eigenvalue weighted by molar-refractivity contribution is 5.99. The van der Waals surface area contributed by atoms with E-state index >= 15 is 0 Å². The Balaban J connectivity index is 0.00000202. The van der Waals surface area contributed by atoms with Crippen LogP contribution < -0.4 is 10.1 Å². The van der Waals surface area contributed by atoms with Crippen molar-refractivity contribution in [1.82, 2.24) is 20.1 Å². The van der Waals surface area contributed by atoms with E-state index in [0.29, 0.717) is 12.3 Å². The molecule has 2 saturated heterocycles. The van der Waals surface area contributed by atoms with Gasteiger partial charge < -0.3 is 34.4 Å². The number of rotatable bonds is 8. The zero-order valence-corrected chi connectivity index (χ0v) is 26.0. The van der Waals surface area contributed by atoms with Crippen molar-refractivity contribution < 1.29 is 19.1 Å². The van der Waals surface area contributed by atoms with E-state index < -0.39 is 0 Å². The third-order valence-corrected chi connectivity index (χ3v) is 8.73. The largest absolute Gasteiger partial charge is 0.488 e. The van der Waals surface area contributed by atoms with Gasteiger partial charge in [0.05, 0.1) is 12.4 Å². The van der Waals surface area contributed by atoms with Crippen molar-refractivity contribution in [3.05, 3.63) is 65.0 Å². The van der Waals surface area contributed by atoms with Crippen molar-refractivity contribution in [1.29, 1.82) is 0 Å². The molecular formula is C32H42Cl2N4O4. The molecule has 1 amide bonds. The molecule has 2 aliphatic rings. The van der Waals surface area contributed by atoms with Crippen molar-refractivity contribution in [3.8, 4) is 5.75 Å². The molecule has 0 atom stereocenters. The minimum absolute atomic E-state index is 0. The minimum Gasteiger partial charge on any atom is -0.488 e. The number of aromatic amines is 1. The van der Waals surface area contributed by atoms with Gasteiger partial charge in [0.1, 0.15) is 23.6 Å². The highest BCUT2D eigenvalue weighted by atomic mass is 35.5. The summed E-state index contributed by atoms with van der Waals surface area (Å²) >= 11 is 0. The molecule has 2 aromatic carbocycles. The van der Waals surface area contributed by atoms with Gasteiger partial charge in [-0.1, -0.05) is 6.07 Å². The molecule has 10 heteroatoms. The van der Waals surface area contributed by atoms with E-state index in [9.17, 15) is 9.90 Å². The fourth-order valence-electron chi connectivity index (χ4n) is 5.97. The Morgan fingerprint density at radius 3 is 2.36 bits per heavy atom. The molecule has 228 valence electrons. The average molecular weight is 618 g/mol. The topological polar surface area (TPSA) is 94.0 Å². The van der Waals surface area contributed by atoms with Crippen LogP contribution in [0.4, 0.5) is 0 Å². The number of hydrogen-bond acceptors (Lipinski definition) is 6. The lowest BCUT2D eigenvalue weighted by atomic mass is 10.0. The van der Waals surface area contributed by atoms with Crippen molar-refractivity contribution in [3.63, 3.8) is 0 Å². The molecule has 0 aliphatic carbocycles. The fraction of sp³-hybridized carbons (Fsp3) is 0.469. The number of hydrogen-bond donors (Lipinski definition) is 3. The molecule has 2 aliphatic heterocycles. The van der Waals surface area contributed by atoms with Crippen LogP contribution in [0.5, 0.6) is 5.75 Å². The predicted octanol–water partition coefficient (Wildman–Crippen LogP) is 5.60. The predicted molar refractivity (Wildman–Crippen MR) is 171 cm³/mol. The van der Waals surface area contributed by atoms with Gasteiger partial charge in [-0.3, -0.25) is 4.79 Å². The maximum atomic E-state index is 13.1. The lowest BCUT2D eigenvalue weighted by Crippen LogP contribution is -2.47. The van der Waals surface area contributed by atoms with Crippen LogP contribution in [0.2, 0.25) is 0 Å². The van der Waals surface area contributed by atoms with Gasteiger partial charge in [0.2, 0.25) is 0 Å². The van der Waals surface area contributed by atoms with E-state index in [4.69, 9.17) is 9.15 Å². The van der Waals surface area contributed by atoms with Gasteiger partial charge in [0.25, 0.3) is 5.91 Å². The molecule has 0 bridgehead atoms. The van der Waals surface area contributed by atoms with Crippen molar-refractivity contribution >= 4 is 52.6 Å². The number of aryl methyl sites for hydroxylation is 2. The number of furan rings is 1. The summed E-state index contributed by atoms with van der Waals surface area (Å²) in [4.78, 5) is 21.4. The summed E-state index contributed by atoms with van der Waals surface area (Å²) in [5, 5.41) is 14.9. The first-order chi connectivity index (χ1) is 19.4. The number of likely N-dealkylation sites (tertiary alicyclic amines) is 2. The number of nitrogens with one attached hydrogen (secondary N) is 2. The minimum atomic E-state index is -0.122. The van der Waals surface area contributed by atoms with Gasteiger partial charge in [0.15, 0.2) is 0 Å². The number of H-pyrrole nitrogens is 1. The molecule has 3 N–H and O–H groups in total. The number of amides is 1. The van der Waals surface area contributed by atoms with Gasteiger partial charge >= 0.3 is 0 Å². The second-order valence-electron chi connectivity index (χ2n) is 11.5. The first kappa shape index (κ1) is 32.2. The van der Waals surface area contributed by atoms with Gasteiger partial charge in [-0.15, -0.1) is 24.8 Å². The number of aliphatic hydroxyl groups excluding tert-OH is 1. The molecule has 0 radical (unpaired) electrons. The molecule has 0 spiro atoms. The number of carbonyl (C=O) groups is 1. The zero-order valence-electron chi connectivity index (χ0n) is 24.4. The SMILES string of the molecule is Cc1cc2occ(COc3cccc4[nH]c(C(=O)NC5CCN(CCN6CCC(O)CC6)CC5)cc34)c2cc1C.Cl.Cl. The van der Waals surface area contributed by atoms with Crippen LogP contribution in [0.25, 0.3) is 21.9 Å². The number of halogens is 2. The summed E-state index contributed by atoms with van der Waals surface area (Å²) in [7, 11) is 0. The molecule has 2 aromatic heterocycles. The normalized spacial score (nSPS) is 17.2. The smallest absolute Gasteiger partial charge is 0.267 e. The third-order valence-electron chi connectivity index (χ3n) is 8.73. The van der Waals surface area contributed by atoms with Gasteiger partial charge in [0, 0.05) is 67.2 Å². The first-order valence-corrected chi connectivity index (χ1v) is 14.6. The van der Waals surface area contributed by atoms with Gasteiger partial charge in [-0.25, -0.2) is 0 Å². The number of fused-ring (bicyclic) bond motifs is 2. The summed E-state index contributed by atoms with van der Waals surface area (Å²) in [6.45, 7) is 10.7. The standard InChI is InChI=1S/C32H40N4O4.2ClH/c1-21-16-26-23(20-40-31(26)17-22(21)2)19-39-30-5-3-4-28-27(30)18-29(34-28)32(38)33-24-6-10-35(11-7-24)14-15-36-12-8-25(37)9-13-36;;/h3-5,16-18,20,24-25,34,37H,6-15,19H2,1-2H3,(H,33,38);2*1H. The molecule has 42 heavy (non-hydrogen) atoms. The number of nitrogens with zero attached hydrogens (tertiary/aromatic N) is 2. The Bertz CT molecular complexity index is 1490. The quantitative estimate of drug-likeness (QED) is 0.238. The Morgan fingerprint density at radius 2 is 1.64 bits per heavy atom. The summed E-state index contributed by atoms with van der Waals surface area (Å²) in [5.74, 6) is 0.668. The van der Waals surface area contributed by atoms with Gasteiger partial charge in [-0.05, 0) is 81.0 Å². The molecule has 4 heterocycles.